The fraction of sp³-hybridized carbons (Fsp3) is 0.467. The van der Waals surface area contributed by atoms with Crippen molar-refractivity contribution in [2.45, 2.75) is 38.1 Å². The number of thiophene rings is 2. The molecule has 2 aromatic heterocycles. The van der Waals surface area contributed by atoms with E-state index in [1.165, 1.54) is 29.0 Å². The van der Waals surface area contributed by atoms with Gasteiger partial charge in [0.15, 0.2) is 0 Å². The van der Waals surface area contributed by atoms with Crippen LogP contribution in [0.2, 0.25) is 0 Å². The van der Waals surface area contributed by atoms with Crippen LogP contribution in [0.4, 0.5) is 0 Å². The summed E-state index contributed by atoms with van der Waals surface area (Å²) in [7, 11) is 2.10. The Kier molecular flexibility index (Phi) is 3.55. The third-order valence-corrected chi connectivity index (χ3v) is 5.96. The lowest BCUT2D eigenvalue weighted by atomic mass is 9.82. The van der Waals surface area contributed by atoms with Crippen molar-refractivity contribution in [2.75, 3.05) is 7.05 Å². The number of nitrogens with one attached hydrogen (secondary N) is 1. The van der Waals surface area contributed by atoms with Crippen molar-refractivity contribution in [3.8, 4) is 0 Å². The Balaban J connectivity index is 1.94. The van der Waals surface area contributed by atoms with Crippen LogP contribution in [-0.2, 0) is 6.42 Å². The molecule has 18 heavy (non-hydrogen) atoms. The molecule has 3 rings (SSSR count). The molecule has 2 aromatic rings. The molecule has 0 aromatic carbocycles. The maximum Gasteiger partial charge on any atom is 0.0482 e. The molecular weight excluding hydrogens is 258 g/mol. The quantitative estimate of drug-likeness (QED) is 0.871. The van der Waals surface area contributed by atoms with Gasteiger partial charge in [-0.3, -0.25) is 0 Å². The molecule has 2 unspecified atom stereocenters. The first-order valence-electron chi connectivity index (χ1n) is 6.59. The minimum Gasteiger partial charge on any atom is -0.312 e. The van der Waals surface area contributed by atoms with Gasteiger partial charge >= 0.3 is 0 Å². The molecule has 0 aliphatic heterocycles. The molecule has 2 atom stereocenters. The minimum absolute atomic E-state index is 0.484. The van der Waals surface area contributed by atoms with E-state index in [0.717, 1.165) is 0 Å². The van der Waals surface area contributed by atoms with Crippen LogP contribution < -0.4 is 5.32 Å². The molecule has 0 fully saturated rings. The first-order chi connectivity index (χ1) is 8.79. The molecular formula is C15H19NS2. The van der Waals surface area contributed by atoms with Crippen molar-refractivity contribution in [2.24, 2.45) is 0 Å². The predicted molar refractivity (Wildman–Crippen MR) is 80.9 cm³/mol. The van der Waals surface area contributed by atoms with Gasteiger partial charge in [-0.2, -0.15) is 0 Å². The molecule has 0 spiro atoms. The summed E-state index contributed by atoms with van der Waals surface area (Å²) in [5.74, 6) is 0.656. The Hall–Kier alpha value is -0.640. The highest BCUT2D eigenvalue weighted by molar-refractivity contribution is 7.12. The second kappa shape index (κ2) is 5.16. The molecule has 1 N–H and O–H groups in total. The van der Waals surface area contributed by atoms with Gasteiger partial charge in [-0.1, -0.05) is 0 Å². The van der Waals surface area contributed by atoms with Crippen LogP contribution in [-0.4, -0.2) is 7.05 Å². The van der Waals surface area contributed by atoms with E-state index in [2.05, 4.69) is 42.9 Å². The van der Waals surface area contributed by atoms with E-state index < -0.39 is 0 Å². The van der Waals surface area contributed by atoms with Crippen LogP contribution in [0.3, 0.4) is 0 Å². The van der Waals surface area contributed by atoms with Gasteiger partial charge in [0.1, 0.15) is 0 Å². The van der Waals surface area contributed by atoms with Crippen molar-refractivity contribution in [3.05, 3.63) is 43.8 Å². The SMILES string of the molecule is CNC(c1ccc(C)s1)C1CCCc2sccc21. The summed E-state index contributed by atoms with van der Waals surface area (Å²) in [6.45, 7) is 2.19. The standard InChI is InChI=1S/C15H19NS2/c1-10-6-7-14(18-10)15(16-2)12-4-3-5-13-11(12)8-9-17-13/h6-9,12,15-16H,3-5H2,1-2H3. The Bertz CT molecular complexity index is 526. The number of hydrogen-bond donors (Lipinski definition) is 1. The topological polar surface area (TPSA) is 12.0 Å². The third-order valence-electron chi connectivity index (χ3n) is 3.88. The van der Waals surface area contributed by atoms with Crippen molar-refractivity contribution in [3.63, 3.8) is 0 Å². The fourth-order valence-electron chi connectivity index (χ4n) is 3.03. The van der Waals surface area contributed by atoms with Crippen molar-refractivity contribution in [1.82, 2.24) is 5.32 Å². The van der Waals surface area contributed by atoms with E-state index in [9.17, 15) is 0 Å². The predicted octanol–water partition coefficient (Wildman–Crippen LogP) is 4.50. The summed E-state index contributed by atoms with van der Waals surface area (Å²) in [6.07, 6.45) is 3.93. The van der Waals surface area contributed by atoms with Gasteiger partial charge in [-0.05, 0) is 62.4 Å². The summed E-state index contributed by atoms with van der Waals surface area (Å²) in [4.78, 5) is 4.51. The van der Waals surface area contributed by atoms with Gasteiger partial charge in [0.25, 0.3) is 0 Å². The Morgan fingerprint density at radius 1 is 1.33 bits per heavy atom. The van der Waals surface area contributed by atoms with Gasteiger partial charge in [-0.15, -0.1) is 22.7 Å². The van der Waals surface area contributed by atoms with E-state index in [0.29, 0.717) is 12.0 Å². The lowest BCUT2D eigenvalue weighted by Gasteiger charge is -2.30. The fourth-order valence-corrected chi connectivity index (χ4v) is 5.08. The lowest BCUT2D eigenvalue weighted by Crippen LogP contribution is -2.25. The highest BCUT2D eigenvalue weighted by Gasteiger charge is 2.29. The monoisotopic (exact) mass is 277 g/mol. The number of aryl methyl sites for hydroxylation is 2. The largest absolute Gasteiger partial charge is 0.312 e. The van der Waals surface area contributed by atoms with Crippen molar-refractivity contribution < 1.29 is 0 Å². The number of rotatable bonds is 3. The van der Waals surface area contributed by atoms with E-state index in [-0.39, 0.29) is 0 Å². The summed E-state index contributed by atoms with van der Waals surface area (Å²) < 4.78 is 0. The molecule has 1 aliphatic rings. The molecule has 0 amide bonds. The molecule has 1 aliphatic carbocycles. The highest BCUT2D eigenvalue weighted by atomic mass is 32.1. The number of likely N-dealkylation sites (N-methyl/N-ethyl adjacent to an activating group) is 1. The van der Waals surface area contributed by atoms with Crippen LogP contribution in [0.15, 0.2) is 23.6 Å². The Morgan fingerprint density at radius 3 is 2.94 bits per heavy atom. The van der Waals surface area contributed by atoms with E-state index in [4.69, 9.17) is 0 Å². The molecule has 0 bridgehead atoms. The van der Waals surface area contributed by atoms with E-state index in [1.807, 2.05) is 22.7 Å². The number of fused-ring (bicyclic) bond motifs is 1. The molecule has 96 valence electrons. The summed E-state index contributed by atoms with van der Waals surface area (Å²) in [5, 5.41) is 5.81. The molecule has 1 nitrogen and oxygen atoms in total. The molecule has 3 heteroatoms. The second-order valence-electron chi connectivity index (χ2n) is 5.01. The zero-order valence-corrected chi connectivity index (χ0v) is 12.5. The normalized spacial score (nSPS) is 20.7. The van der Waals surface area contributed by atoms with Crippen LogP contribution in [0.25, 0.3) is 0 Å². The second-order valence-corrected chi connectivity index (χ2v) is 7.33. The average Bonchev–Trinajstić information content (AvgIpc) is 2.99. The molecule has 0 saturated heterocycles. The minimum atomic E-state index is 0.484. The van der Waals surface area contributed by atoms with E-state index in [1.54, 1.807) is 10.4 Å². The zero-order valence-electron chi connectivity index (χ0n) is 10.9. The van der Waals surface area contributed by atoms with Crippen molar-refractivity contribution >= 4 is 22.7 Å². The Labute approximate surface area is 117 Å². The molecule has 0 radical (unpaired) electrons. The average molecular weight is 277 g/mol. The lowest BCUT2D eigenvalue weighted by molar-refractivity contribution is 0.433. The first kappa shape index (κ1) is 12.4. The summed E-state index contributed by atoms with van der Waals surface area (Å²) in [5.41, 5.74) is 1.59. The van der Waals surface area contributed by atoms with Gasteiger partial charge in [0.2, 0.25) is 0 Å². The van der Waals surface area contributed by atoms with Crippen LogP contribution in [0.1, 0.15) is 45.0 Å². The van der Waals surface area contributed by atoms with Crippen molar-refractivity contribution in [1.29, 1.82) is 0 Å². The summed E-state index contributed by atoms with van der Waals surface area (Å²) >= 11 is 3.87. The maximum absolute atomic E-state index is 3.55. The van der Waals surface area contributed by atoms with Gasteiger partial charge in [0, 0.05) is 26.6 Å². The summed E-state index contributed by atoms with van der Waals surface area (Å²) in [6, 6.07) is 7.36. The van der Waals surface area contributed by atoms with Gasteiger partial charge in [-0.25, -0.2) is 0 Å². The first-order valence-corrected chi connectivity index (χ1v) is 8.29. The maximum atomic E-state index is 3.55. The van der Waals surface area contributed by atoms with Crippen LogP contribution in [0.5, 0.6) is 0 Å². The van der Waals surface area contributed by atoms with Crippen LogP contribution in [0, 0.1) is 6.92 Å². The highest BCUT2D eigenvalue weighted by Crippen LogP contribution is 2.43. The number of hydrogen-bond acceptors (Lipinski definition) is 3. The molecule has 2 heterocycles. The third kappa shape index (κ3) is 2.15. The van der Waals surface area contributed by atoms with Crippen LogP contribution >= 0.6 is 22.7 Å². The zero-order chi connectivity index (χ0) is 12.5. The van der Waals surface area contributed by atoms with Gasteiger partial charge < -0.3 is 5.32 Å². The Morgan fingerprint density at radius 2 is 2.22 bits per heavy atom. The smallest absolute Gasteiger partial charge is 0.0482 e. The molecule has 0 saturated carbocycles. The van der Waals surface area contributed by atoms with E-state index >= 15 is 0 Å². The van der Waals surface area contributed by atoms with Gasteiger partial charge in [0.05, 0.1) is 0 Å².